The van der Waals surface area contributed by atoms with Crippen molar-refractivity contribution in [2.45, 2.75) is 45.9 Å². The first-order chi connectivity index (χ1) is 9.56. The molecule has 4 heteroatoms. The molecule has 2 rings (SSSR count). The highest BCUT2D eigenvalue weighted by molar-refractivity contribution is 5.84. The van der Waals surface area contributed by atoms with Gasteiger partial charge in [0.15, 0.2) is 0 Å². The van der Waals surface area contributed by atoms with Gasteiger partial charge in [-0.15, -0.1) is 0 Å². The fourth-order valence-corrected chi connectivity index (χ4v) is 2.71. The number of ether oxygens (including phenoxy) is 1. The lowest BCUT2D eigenvalue weighted by atomic mass is 10.1. The Labute approximate surface area is 121 Å². The van der Waals surface area contributed by atoms with Crippen LogP contribution < -0.4 is 5.32 Å². The van der Waals surface area contributed by atoms with Gasteiger partial charge in [-0.2, -0.15) is 0 Å². The standard InChI is InChI=1S/C16H24N2O2/c1-5-20-10-12(3)18-15(17-13(4)16(18)19)14-9-7-6-8-11(14)2/h6-9,12-13,15,17H,5,10H2,1-4H3. The Balaban J connectivity index is 2.26. The van der Waals surface area contributed by atoms with Gasteiger partial charge in [-0.25, -0.2) is 0 Å². The number of hydrogen-bond acceptors (Lipinski definition) is 3. The Morgan fingerprint density at radius 2 is 2.10 bits per heavy atom. The third-order valence-electron chi connectivity index (χ3n) is 3.83. The highest BCUT2D eigenvalue weighted by Gasteiger charge is 2.40. The summed E-state index contributed by atoms with van der Waals surface area (Å²) in [5, 5.41) is 3.39. The third kappa shape index (κ3) is 2.86. The number of carbonyl (C=O) groups is 1. The molecule has 1 aliphatic rings. The fraction of sp³-hybridized carbons (Fsp3) is 0.562. The van der Waals surface area contributed by atoms with Gasteiger partial charge >= 0.3 is 0 Å². The Hall–Kier alpha value is -1.39. The van der Waals surface area contributed by atoms with Crippen LogP contribution in [0.5, 0.6) is 0 Å². The summed E-state index contributed by atoms with van der Waals surface area (Å²) < 4.78 is 5.48. The van der Waals surface area contributed by atoms with E-state index in [0.717, 1.165) is 5.56 Å². The first kappa shape index (κ1) is 15.0. The first-order valence-electron chi connectivity index (χ1n) is 7.27. The minimum absolute atomic E-state index is 0.0597. The van der Waals surface area contributed by atoms with Crippen LogP contribution in [0, 0.1) is 6.92 Å². The zero-order valence-corrected chi connectivity index (χ0v) is 12.7. The summed E-state index contributed by atoms with van der Waals surface area (Å²) in [6, 6.07) is 8.11. The van der Waals surface area contributed by atoms with E-state index >= 15 is 0 Å². The van der Waals surface area contributed by atoms with E-state index in [1.54, 1.807) is 0 Å². The summed E-state index contributed by atoms with van der Waals surface area (Å²) in [4.78, 5) is 14.3. The molecule has 4 nitrogen and oxygen atoms in total. The van der Waals surface area contributed by atoms with Crippen LogP contribution in [-0.4, -0.2) is 36.1 Å². The van der Waals surface area contributed by atoms with Gasteiger partial charge in [-0.3, -0.25) is 10.1 Å². The molecule has 20 heavy (non-hydrogen) atoms. The molecule has 3 unspecified atom stereocenters. The summed E-state index contributed by atoms with van der Waals surface area (Å²) in [5.41, 5.74) is 2.36. The van der Waals surface area contributed by atoms with Crippen LogP contribution in [0.15, 0.2) is 24.3 Å². The van der Waals surface area contributed by atoms with Gasteiger partial charge in [0.25, 0.3) is 0 Å². The summed E-state index contributed by atoms with van der Waals surface area (Å²) >= 11 is 0. The monoisotopic (exact) mass is 276 g/mol. The molecule has 1 heterocycles. The number of hydrogen-bond donors (Lipinski definition) is 1. The second-order valence-corrected chi connectivity index (χ2v) is 5.40. The van der Waals surface area contributed by atoms with Gasteiger partial charge in [0.1, 0.15) is 6.17 Å². The molecule has 1 aliphatic heterocycles. The maximum Gasteiger partial charge on any atom is 0.241 e. The van der Waals surface area contributed by atoms with Crippen LogP contribution in [0.2, 0.25) is 0 Å². The molecule has 1 saturated heterocycles. The van der Waals surface area contributed by atoms with E-state index in [2.05, 4.69) is 24.4 Å². The molecule has 0 saturated carbocycles. The molecule has 0 aliphatic carbocycles. The van der Waals surface area contributed by atoms with Crippen molar-refractivity contribution in [1.29, 1.82) is 0 Å². The third-order valence-corrected chi connectivity index (χ3v) is 3.83. The maximum absolute atomic E-state index is 12.4. The zero-order valence-electron chi connectivity index (χ0n) is 12.7. The van der Waals surface area contributed by atoms with Crippen LogP contribution in [0.4, 0.5) is 0 Å². The number of carbonyl (C=O) groups excluding carboxylic acids is 1. The van der Waals surface area contributed by atoms with E-state index in [1.807, 2.05) is 37.8 Å². The molecule has 0 radical (unpaired) electrons. The van der Waals surface area contributed by atoms with Crippen LogP contribution in [0.25, 0.3) is 0 Å². The summed E-state index contributed by atoms with van der Waals surface area (Å²) in [5.74, 6) is 0.144. The summed E-state index contributed by atoms with van der Waals surface area (Å²) in [6.07, 6.45) is -0.0610. The lowest BCUT2D eigenvalue weighted by Gasteiger charge is -2.31. The lowest BCUT2D eigenvalue weighted by molar-refractivity contribution is -0.133. The number of nitrogens with one attached hydrogen (secondary N) is 1. The van der Waals surface area contributed by atoms with Gasteiger partial charge < -0.3 is 9.64 Å². The topological polar surface area (TPSA) is 41.6 Å². The summed E-state index contributed by atoms with van der Waals surface area (Å²) in [6.45, 7) is 9.25. The quantitative estimate of drug-likeness (QED) is 0.896. The van der Waals surface area contributed by atoms with Crippen molar-refractivity contribution < 1.29 is 9.53 Å². The van der Waals surface area contributed by atoms with E-state index < -0.39 is 0 Å². The Kier molecular flexibility index (Phi) is 4.78. The predicted molar refractivity (Wildman–Crippen MR) is 79.3 cm³/mol. The number of amides is 1. The van der Waals surface area contributed by atoms with Crippen LogP contribution >= 0.6 is 0 Å². The molecule has 1 aromatic rings. The van der Waals surface area contributed by atoms with Crippen molar-refractivity contribution in [3.63, 3.8) is 0 Å². The Bertz CT molecular complexity index is 475. The summed E-state index contributed by atoms with van der Waals surface area (Å²) in [7, 11) is 0. The molecule has 1 amide bonds. The van der Waals surface area contributed by atoms with Crippen molar-refractivity contribution in [3.8, 4) is 0 Å². The molecule has 110 valence electrons. The molecular weight excluding hydrogens is 252 g/mol. The van der Waals surface area contributed by atoms with Gasteiger partial charge in [0.2, 0.25) is 5.91 Å². The maximum atomic E-state index is 12.4. The average Bonchev–Trinajstić information content (AvgIpc) is 2.73. The van der Waals surface area contributed by atoms with Gasteiger partial charge in [0.05, 0.1) is 18.7 Å². The van der Waals surface area contributed by atoms with E-state index in [1.165, 1.54) is 5.56 Å². The molecule has 1 N–H and O–H groups in total. The second-order valence-electron chi connectivity index (χ2n) is 5.40. The van der Waals surface area contributed by atoms with Gasteiger partial charge in [-0.05, 0) is 38.8 Å². The fourth-order valence-electron chi connectivity index (χ4n) is 2.71. The van der Waals surface area contributed by atoms with Crippen LogP contribution in [0.3, 0.4) is 0 Å². The average molecular weight is 276 g/mol. The SMILES string of the molecule is CCOCC(C)N1C(=O)C(C)NC1c1ccccc1C. The van der Waals surface area contributed by atoms with Crippen LogP contribution in [0.1, 0.15) is 38.1 Å². The highest BCUT2D eigenvalue weighted by Crippen LogP contribution is 2.29. The smallest absolute Gasteiger partial charge is 0.241 e. The van der Waals surface area contributed by atoms with E-state index in [0.29, 0.717) is 13.2 Å². The molecule has 0 aromatic heterocycles. The number of benzene rings is 1. The number of nitrogens with zero attached hydrogens (tertiary/aromatic N) is 1. The zero-order chi connectivity index (χ0) is 14.7. The van der Waals surface area contributed by atoms with Crippen molar-refractivity contribution in [2.75, 3.05) is 13.2 Å². The van der Waals surface area contributed by atoms with Crippen molar-refractivity contribution in [1.82, 2.24) is 10.2 Å². The van der Waals surface area contributed by atoms with Crippen molar-refractivity contribution >= 4 is 5.91 Å². The van der Waals surface area contributed by atoms with Crippen molar-refractivity contribution in [3.05, 3.63) is 35.4 Å². The van der Waals surface area contributed by atoms with E-state index in [-0.39, 0.29) is 24.2 Å². The number of rotatable bonds is 5. The van der Waals surface area contributed by atoms with Crippen LogP contribution in [-0.2, 0) is 9.53 Å². The Morgan fingerprint density at radius 1 is 1.40 bits per heavy atom. The van der Waals surface area contributed by atoms with Gasteiger partial charge in [-0.1, -0.05) is 24.3 Å². The normalized spacial score (nSPS) is 24.2. The molecule has 0 spiro atoms. The molecule has 0 bridgehead atoms. The van der Waals surface area contributed by atoms with E-state index in [4.69, 9.17) is 4.74 Å². The second kappa shape index (κ2) is 6.37. The van der Waals surface area contributed by atoms with Gasteiger partial charge in [0, 0.05) is 6.61 Å². The molecule has 1 aromatic carbocycles. The highest BCUT2D eigenvalue weighted by atomic mass is 16.5. The molecule has 3 atom stereocenters. The largest absolute Gasteiger partial charge is 0.380 e. The minimum atomic E-state index is -0.149. The number of aryl methyl sites for hydroxylation is 1. The molecular formula is C16H24N2O2. The lowest BCUT2D eigenvalue weighted by Crippen LogP contribution is -2.41. The minimum Gasteiger partial charge on any atom is -0.380 e. The predicted octanol–water partition coefficient (Wildman–Crippen LogP) is 2.24. The van der Waals surface area contributed by atoms with Crippen molar-refractivity contribution in [2.24, 2.45) is 0 Å². The first-order valence-corrected chi connectivity index (χ1v) is 7.27. The van der Waals surface area contributed by atoms with E-state index in [9.17, 15) is 4.79 Å². The molecule has 1 fully saturated rings. The Morgan fingerprint density at radius 3 is 2.75 bits per heavy atom.